The highest BCUT2D eigenvalue weighted by atomic mass is 16.5. The summed E-state index contributed by atoms with van der Waals surface area (Å²) in [6, 6.07) is 6.54. The molecule has 3 rings (SSSR count). The molecule has 1 aromatic heterocycles. The van der Waals surface area contributed by atoms with E-state index >= 15 is 0 Å². The number of anilines is 1. The number of aliphatic carboxylic acids is 1. The third kappa shape index (κ3) is 5.30. The lowest BCUT2D eigenvalue weighted by atomic mass is 10.2. The molecule has 132 valence electrons. The van der Waals surface area contributed by atoms with E-state index in [1.54, 1.807) is 24.3 Å². The Morgan fingerprint density at radius 3 is 2.72 bits per heavy atom. The highest BCUT2D eigenvalue weighted by molar-refractivity contribution is 5.90. The fraction of sp³-hybridized carbons (Fsp3) is 0.412. The first kappa shape index (κ1) is 16.9. The maximum atomic E-state index is 11.9. The molecule has 1 aliphatic rings. The number of nitrogens with one attached hydrogen (secondary N) is 1. The predicted octanol–water partition coefficient (Wildman–Crippen LogP) is 2.37. The molecule has 1 aromatic carbocycles. The molecule has 0 saturated heterocycles. The highest BCUT2D eigenvalue weighted by Crippen LogP contribution is 2.38. The summed E-state index contributed by atoms with van der Waals surface area (Å²) < 4.78 is 10.2. The summed E-state index contributed by atoms with van der Waals surface area (Å²) in [5.74, 6) is 1.11. The van der Waals surface area contributed by atoms with Gasteiger partial charge in [0, 0.05) is 24.4 Å². The van der Waals surface area contributed by atoms with Crippen molar-refractivity contribution in [2.75, 3.05) is 11.9 Å². The molecule has 0 bridgehead atoms. The van der Waals surface area contributed by atoms with Gasteiger partial charge < -0.3 is 19.7 Å². The van der Waals surface area contributed by atoms with Crippen molar-refractivity contribution in [2.45, 2.75) is 38.0 Å². The molecule has 1 aliphatic carbocycles. The van der Waals surface area contributed by atoms with Crippen LogP contribution in [-0.2, 0) is 16.0 Å². The van der Waals surface area contributed by atoms with Crippen LogP contribution in [0.25, 0.3) is 0 Å². The third-order valence-corrected chi connectivity index (χ3v) is 3.72. The first-order chi connectivity index (χ1) is 12.1. The van der Waals surface area contributed by atoms with E-state index in [-0.39, 0.29) is 5.91 Å². The van der Waals surface area contributed by atoms with E-state index in [0.29, 0.717) is 42.5 Å². The van der Waals surface area contributed by atoms with E-state index in [1.165, 1.54) is 0 Å². The Labute approximate surface area is 144 Å². The molecule has 8 nitrogen and oxygen atoms in total. The molecule has 0 atom stereocenters. The average Bonchev–Trinajstić information content (AvgIpc) is 3.33. The first-order valence-corrected chi connectivity index (χ1v) is 8.17. The van der Waals surface area contributed by atoms with Gasteiger partial charge in [0.05, 0.1) is 0 Å². The molecule has 2 N–H and O–H groups in total. The van der Waals surface area contributed by atoms with Crippen LogP contribution in [0.4, 0.5) is 5.69 Å². The molecule has 2 aromatic rings. The summed E-state index contributed by atoms with van der Waals surface area (Å²) in [5.41, 5.74) is 0.626. The summed E-state index contributed by atoms with van der Waals surface area (Å²) >= 11 is 0. The minimum atomic E-state index is -1.04. The van der Waals surface area contributed by atoms with Gasteiger partial charge in [0.2, 0.25) is 11.8 Å². The SMILES string of the molecule is O=C(O)COc1ccc(NC(=O)CCCc2nc(C3CC3)no2)cc1. The quantitative estimate of drug-likeness (QED) is 0.717. The zero-order valence-corrected chi connectivity index (χ0v) is 13.6. The molecular weight excluding hydrogens is 326 g/mol. The molecule has 1 fully saturated rings. The molecule has 0 unspecified atom stereocenters. The molecular formula is C17H19N3O5. The Morgan fingerprint density at radius 2 is 2.04 bits per heavy atom. The average molecular weight is 345 g/mol. The number of carboxylic acids is 1. The van der Waals surface area contributed by atoms with Gasteiger partial charge in [0.15, 0.2) is 12.4 Å². The second-order valence-corrected chi connectivity index (χ2v) is 5.93. The van der Waals surface area contributed by atoms with Gasteiger partial charge in [-0.25, -0.2) is 4.79 Å². The largest absolute Gasteiger partial charge is 0.482 e. The number of aryl methyl sites for hydroxylation is 1. The van der Waals surface area contributed by atoms with Crippen LogP contribution in [0.1, 0.15) is 43.3 Å². The van der Waals surface area contributed by atoms with E-state index in [0.717, 1.165) is 18.7 Å². The van der Waals surface area contributed by atoms with E-state index < -0.39 is 12.6 Å². The van der Waals surface area contributed by atoms with E-state index in [2.05, 4.69) is 15.5 Å². The summed E-state index contributed by atoms with van der Waals surface area (Å²) in [7, 11) is 0. The zero-order valence-electron chi connectivity index (χ0n) is 13.6. The second-order valence-electron chi connectivity index (χ2n) is 5.93. The van der Waals surface area contributed by atoms with Crippen molar-refractivity contribution < 1.29 is 24.0 Å². The van der Waals surface area contributed by atoms with Crippen LogP contribution in [-0.4, -0.2) is 33.7 Å². The van der Waals surface area contributed by atoms with Crippen LogP contribution in [0.3, 0.4) is 0 Å². The van der Waals surface area contributed by atoms with Crippen molar-refractivity contribution in [3.63, 3.8) is 0 Å². The number of ether oxygens (including phenoxy) is 1. The number of amides is 1. The summed E-state index contributed by atoms with van der Waals surface area (Å²) in [6.45, 7) is -0.399. The number of benzene rings is 1. The van der Waals surface area contributed by atoms with E-state index in [1.807, 2.05) is 0 Å². The number of carbonyl (C=O) groups excluding carboxylic acids is 1. The first-order valence-electron chi connectivity index (χ1n) is 8.17. The van der Waals surface area contributed by atoms with E-state index in [9.17, 15) is 9.59 Å². The van der Waals surface area contributed by atoms with Crippen LogP contribution in [0.5, 0.6) is 5.75 Å². The lowest BCUT2D eigenvalue weighted by Crippen LogP contribution is -2.12. The number of aromatic nitrogens is 2. The second kappa shape index (κ2) is 7.78. The van der Waals surface area contributed by atoms with Crippen LogP contribution in [0, 0.1) is 0 Å². The molecule has 25 heavy (non-hydrogen) atoms. The van der Waals surface area contributed by atoms with Gasteiger partial charge in [-0.1, -0.05) is 5.16 Å². The van der Waals surface area contributed by atoms with Crippen LogP contribution >= 0.6 is 0 Å². The Hall–Kier alpha value is -2.90. The molecule has 0 spiro atoms. The molecule has 0 aliphatic heterocycles. The minimum absolute atomic E-state index is 0.110. The molecule has 1 heterocycles. The van der Waals surface area contributed by atoms with Crippen molar-refractivity contribution in [1.29, 1.82) is 0 Å². The zero-order chi connectivity index (χ0) is 17.6. The monoisotopic (exact) mass is 345 g/mol. The molecule has 1 amide bonds. The van der Waals surface area contributed by atoms with Gasteiger partial charge in [-0.3, -0.25) is 4.79 Å². The van der Waals surface area contributed by atoms with Crippen molar-refractivity contribution >= 4 is 17.6 Å². The van der Waals surface area contributed by atoms with Crippen LogP contribution < -0.4 is 10.1 Å². The highest BCUT2D eigenvalue weighted by Gasteiger charge is 2.28. The van der Waals surface area contributed by atoms with Crippen molar-refractivity contribution in [2.24, 2.45) is 0 Å². The number of nitrogens with zero attached hydrogens (tertiary/aromatic N) is 2. The number of hydrogen-bond acceptors (Lipinski definition) is 6. The van der Waals surface area contributed by atoms with Crippen molar-refractivity contribution in [3.8, 4) is 5.75 Å². The summed E-state index contributed by atoms with van der Waals surface area (Å²) in [4.78, 5) is 26.7. The van der Waals surface area contributed by atoms with Gasteiger partial charge in [0.1, 0.15) is 5.75 Å². The van der Waals surface area contributed by atoms with Crippen molar-refractivity contribution in [3.05, 3.63) is 36.0 Å². The summed E-state index contributed by atoms with van der Waals surface area (Å²) in [5, 5.41) is 15.3. The van der Waals surface area contributed by atoms with Gasteiger partial charge in [0.25, 0.3) is 0 Å². The Kier molecular flexibility index (Phi) is 5.27. The number of hydrogen-bond donors (Lipinski definition) is 2. The van der Waals surface area contributed by atoms with Gasteiger partial charge >= 0.3 is 5.97 Å². The Bertz CT molecular complexity index is 737. The fourth-order valence-electron chi connectivity index (χ4n) is 2.28. The maximum Gasteiger partial charge on any atom is 0.341 e. The number of carbonyl (C=O) groups is 2. The maximum absolute atomic E-state index is 11.9. The smallest absolute Gasteiger partial charge is 0.341 e. The Balaban J connectivity index is 1.38. The Morgan fingerprint density at radius 1 is 1.28 bits per heavy atom. The number of rotatable bonds is 9. The van der Waals surface area contributed by atoms with E-state index in [4.69, 9.17) is 14.4 Å². The van der Waals surface area contributed by atoms with Gasteiger partial charge in [-0.05, 0) is 43.5 Å². The standard InChI is InChI=1S/C17H19N3O5/c21-14(2-1-3-15-19-17(20-25-15)11-4-5-11)18-12-6-8-13(9-7-12)24-10-16(22)23/h6-9,11H,1-5,10H2,(H,18,21)(H,22,23). The molecule has 1 saturated carbocycles. The van der Waals surface area contributed by atoms with Crippen LogP contribution in [0.15, 0.2) is 28.8 Å². The van der Waals surface area contributed by atoms with Crippen LogP contribution in [0.2, 0.25) is 0 Å². The lowest BCUT2D eigenvalue weighted by Gasteiger charge is -2.06. The summed E-state index contributed by atoms with van der Waals surface area (Å²) in [6.07, 6.45) is 3.80. The van der Waals surface area contributed by atoms with Gasteiger partial charge in [-0.2, -0.15) is 4.98 Å². The normalized spacial score (nSPS) is 13.4. The third-order valence-electron chi connectivity index (χ3n) is 3.72. The minimum Gasteiger partial charge on any atom is -0.482 e. The number of carboxylic acid groups (broad SMARTS) is 1. The topological polar surface area (TPSA) is 115 Å². The predicted molar refractivity (Wildman–Crippen MR) is 87.4 cm³/mol. The molecule has 0 radical (unpaired) electrons. The molecule has 8 heteroatoms. The lowest BCUT2D eigenvalue weighted by molar-refractivity contribution is -0.139. The van der Waals surface area contributed by atoms with Gasteiger partial charge in [-0.15, -0.1) is 0 Å². The van der Waals surface area contributed by atoms with Crippen molar-refractivity contribution in [1.82, 2.24) is 10.1 Å². The fourth-order valence-corrected chi connectivity index (χ4v) is 2.28.